The molecule has 1 N–H and O–H groups in total. The fourth-order valence-electron chi connectivity index (χ4n) is 1.39. The van der Waals surface area contributed by atoms with Crippen LogP contribution in [0.3, 0.4) is 0 Å². The average molecular weight is 317 g/mol. The lowest BCUT2D eigenvalue weighted by molar-refractivity contribution is -0.695. The van der Waals surface area contributed by atoms with Gasteiger partial charge in [0.25, 0.3) is 0 Å². The molecule has 0 saturated heterocycles. The summed E-state index contributed by atoms with van der Waals surface area (Å²) in [4.78, 5) is 23.5. The van der Waals surface area contributed by atoms with Gasteiger partial charge in [-0.25, -0.2) is 4.57 Å². The number of rotatable bonds is 6. The minimum atomic E-state index is -0.887. The van der Waals surface area contributed by atoms with Gasteiger partial charge in [0, 0.05) is 25.7 Å². The van der Waals surface area contributed by atoms with Crippen LogP contribution < -0.4 is 21.5 Å². The van der Waals surface area contributed by atoms with Crippen molar-refractivity contribution in [2.24, 2.45) is 0 Å². The number of amides is 1. The fourth-order valence-corrected chi connectivity index (χ4v) is 1.39. The Kier molecular flexibility index (Phi) is 7.94. The summed E-state index contributed by atoms with van der Waals surface area (Å²) in [5, 5.41) is 8.51. The van der Waals surface area contributed by atoms with Crippen molar-refractivity contribution in [1.29, 1.82) is 0 Å². The quantitative estimate of drug-likeness (QED) is 0.581. The van der Waals surface area contributed by atoms with Crippen LogP contribution in [0.25, 0.3) is 0 Å². The predicted octanol–water partition coefficient (Wildman–Crippen LogP) is -2.70. The zero-order valence-corrected chi connectivity index (χ0v) is 11.8. The molecule has 0 radical (unpaired) electrons. The van der Waals surface area contributed by atoms with E-state index in [4.69, 9.17) is 5.11 Å². The van der Waals surface area contributed by atoms with Gasteiger partial charge in [0.05, 0.1) is 12.8 Å². The largest absolute Gasteiger partial charge is 1.00 e. The lowest BCUT2D eigenvalue weighted by atomic mass is 10.3. The minimum Gasteiger partial charge on any atom is -1.00 e. The SMILES string of the molecule is CN(CCC(=O)O)C(=O)CC[n+]1ccccc1.[Br-]. The molecule has 0 atom stereocenters. The first-order valence-electron chi connectivity index (χ1n) is 5.49. The molecule has 0 unspecified atom stereocenters. The molecule has 100 valence electrons. The summed E-state index contributed by atoms with van der Waals surface area (Å²) in [6, 6.07) is 5.72. The Balaban J connectivity index is 0.00000289. The van der Waals surface area contributed by atoms with Crippen LogP contribution in [0.2, 0.25) is 0 Å². The summed E-state index contributed by atoms with van der Waals surface area (Å²) < 4.78 is 1.92. The van der Waals surface area contributed by atoms with Crippen molar-refractivity contribution in [2.75, 3.05) is 13.6 Å². The van der Waals surface area contributed by atoms with Gasteiger partial charge in [-0.3, -0.25) is 9.59 Å². The summed E-state index contributed by atoms with van der Waals surface area (Å²) in [5.41, 5.74) is 0. The van der Waals surface area contributed by atoms with Crippen molar-refractivity contribution in [3.05, 3.63) is 30.6 Å². The minimum absolute atomic E-state index is 0. The van der Waals surface area contributed by atoms with Gasteiger partial charge in [-0.2, -0.15) is 0 Å². The van der Waals surface area contributed by atoms with E-state index in [1.807, 2.05) is 35.2 Å². The van der Waals surface area contributed by atoms with E-state index in [0.29, 0.717) is 13.0 Å². The highest BCUT2D eigenvalue weighted by atomic mass is 79.9. The second-order valence-electron chi connectivity index (χ2n) is 3.82. The number of carboxylic acid groups (broad SMARTS) is 1. The lowest BCUT2D eigenvalue weighted by Gasteiger charge is -2.14. The number of nitrogens with zero attached hydrogens (tertiary/aromatic N) is 2. The molecule has 1 rings (SSSR count). The van der Waals surface area contributed by atoms with E-state index in [-0.39, 0.29) is 35.9 Å². The third-order valence-electron chi connectivity index (χ3n) is 2.45. The molecule has 1 aromatic rings. The normalized spacial score (nSPS) is 9.39. The molecule has 0 aliphatic carbocycles. The number of aromatic nitrogens is 1. The Bertz CT molecular complexity index is 384. The second kappa shape index (κ2) is 8.63. The Hall–Kier alpha value is -1.43. The summed E-state index contributed by atoms with van der Waals surface area (Å²) in [5.74, 6) is -0.926. The highest BCUT2D eigenvalue weighted by Crippen LogP contribution is 1.93. The summed E-state index contributed by atoms with van der Waals surface area (Å²) in [7, 11) is 1.63. The molecule has 6 heteroatoms. The van der Waals surface area contributed by atoms with E-state index >= 15 is 0 Å². The van der Waals surface area contributed by atoms with Gasteiger partial charge in [0.2, 0.25) is 5.91 Å². The zero-order chi connectivity index (χ0) is 12.7. The molecule has 1 heterocycles. The van der Waals surface area contributed by atoms with Crippen molar-refractivity contribution in [3.63, 3.8) is 0 Å². The number of carbonyl (C=O) groups excluding carboxylic acids is 1. The molecule has 0 bridgehead atoms. The predicted molar refractivity (Wildman–Crippen MR) is 61.1 cm³/mol. The highest BCUT2D eigenvalue weighted by molar-refractivity contribution is 5.76. The van der Waals surface area contributed by atoms with Gasteiger partial charge < -0.3 is 27.0 Å². The number of pyridine rings is 1. The molecule has 5 nitrogen and oxygen atoms in total. The lowest BCUT2D eigenvalue weighted by Crippen LogP contribution is -3.00. The Morgan fingerprint density at radius 1 is 1.17 bits per heavy atom. The van der Waals surface area contributed by atoms with E-state index in [9.17, 15) is 9.59 Å². The number of aryl methyl sites for hydroxylation is 1. The molecule has 0 saturated carbocycles. The molecule has 0 aliphatic rings. The smallest absolute Gasteiger partial charge is 0.305 e. The van der Waals surface area contributed by atoms with E-state index in [1.54, 1.807) is 7.05 Å². The van der Waals surface area contributed by atoms with Gasteiger partial charge in [0.15, 0.2) is 18.9 Å². The van der Waals surface area contributed by atoms with Crippen molar-refractivity contribution in [2.45, 2.75) is 19.4 Å². The summed E-state index contributed by atoms with van der Waals surface area (Å²) >= 11 is 0. The van der Waals surface area contributed by atoms with Crippen LogP contribution in [-0.4, -0.2) is 35.5 Å². The topological polar surface area (TPSA) is 61.5 Å². The Morgan fingerprint density at radius 2 is 1.78 bits per heavy atom. The fraction of sp³-hybridized carbons (Fsp3) is 0.417. The van der Waals surface area contributed by atoms with Gasteiger partial charge in [-0.15, -0.1) is 0 Å². The maximum absolute atomic E-state index is 11.6. The molecular formula is C12H17BrN2O3. The second-order valence-corrected chi connectivity index (χ2v) is 3.82. The number of halogens is 1. The van der Waals surface area contributed by atoms with E-state index in [2.05, 4.69) is 0 Å². The zero-order valence-electron chi connectivity index (χ0n) is 10.3. The molecule has 0 fully saturated rings. The van der Waals surface area contributed by atoms with Crippen molar-refractivity contribution < 1.29 is 36.2 Å². The van der Waals surface area contributed by atoms with Crippen LogP contribution in [0, 0.1) is 0 Å². The first-order valence-corrected chi connectivity index (χ1v) is 5.49. The molecule has 1 aromatic heterocycles. The van der Waals surface area contributed by atoms with Crippen LogP contribution in [0.15, 0.2) is 30.6 Å². The maximum atomic E-state index is 11.6. The molecule has 1 amide bonds. The first-order chi connectivity index (χ1) is 8.09. The summed E-state index contributed by atoms with van der Waals surface area (Å²) in [6.45, 7) is 0.866. The van der Waals surface area contributed by atoms with Crippen LogP contribution in [-0.2, 0) is 16.1 Å². The Morgan fingerprint density at radius 3 is 2.33 bits per heavy atom. The van der Waals surface area contributed by atoms with Crippen LogP contribution in [0.5, 0.6) is 0 Å². The third-order valence-corrected chi connectivity index (χ3v) is 2.45. The molecule has 18 heavy (non-hydrogen) atoms. The number of aliphatic carboxylic acids is 1. The van der Waals surface area contributed by atoms with E-state index in [0.717, 1.165) is 0 Å². The summed E-state index contributed by atoms with van der Waals surface area (Å²) in [6.07, 6.45) is 4.15. The van der Waals surface area contributed by atoms with Gasteiger partial charge in [-0.05, 0) is 0 Å². The number of hydrogen-bond donors (Lipinski definition) is 1. The molecule has 0 aromatic carbocycles. The van der Waals surface area contributed by atoms with E-state index < -0.39 is 5.97 Å². The van der Waals surface area contributed by atoms with Crippen molar-refractivity contribution in [1.82, 2.24) is 4.90 Å². The van der Waals surface area contributed by atoms with Crippen LogP contribution >= 0.6 is 0 Å². The third kappa shape index (κ3) is 6.34. The average Bonchev–Trinajstić information content (AvgIpc) is 2.34. The van der Waals surface area contributed by atoms with Gasteiger partial charge in [-0.1, -0.05) is 6.07 Å². The van der Waals surface area contributed by atoms with E-state index in [1.165, 1.54) is 4.90 Å². The van der Waals surface area contributed by atoms with Gasteiger partial charge in [0.1, 0.15) is 0 Å². The first kappa shape index (κ1) is 16.6. The van der Waals surface area contributed by atoms with Crippen LogP contribution in [0.4, 0.5) is 0 Å². The molecule has 0 spiro atoms. The van der Waals surface area contributed by atoms with Crippen molar-refractivity contribution >= 4 is 11.9 Å². The highest BCUT2D eigenvalue weighted by Gasteiger charge is 2.12. The monoisotopic (exact) mass is 316 g/mol. The van der Waals surface area contributed by atoms with Crippen LogP contribution in [0.1, 0.15) is 12.8 Å². The van der Waals surface area contributed by atoms with Gasteiger partial charge >= 0.3 is 5.97 Å². The standard InChI is InChI=1S/C12H16N2O3.BrH/c1-13(9-6-12(16)17)11(15)5-10-14-7-3-2-4-8-14;/h2-4,7-8H,5-6,9-10H2,1H3;1H. The number of hydrogen-bond acceptors (Lipinski definition) is 2. The number of carbonyl (C=O) groups is 2. The Labute approximate surface area is 117 Å². The number of carboxylic acids is 1. The van der Waals surface area contributed by atoms with Crippen molar-refractivity contribution in [3.8, 4) is 0 Å². The molecular weight excluding hydrogens is 300 g/mol. The molecule has 0 aliphatic heterocycles. The maximum Gasteiger partial charge on any atom is 0.305 e.